The molecule has 92 valence electrons. The average Bonchev–Trinajstić information content (AvgIpc) is 2.85. The second-order valence-corrected chi connectivity index (χ2v) is 5.27. The molecule has 1 aromatic carbocycles. The molecule has 0 radical (unpaired) electrons. The first-order chi connectivity index (χ1) is 8.53. The van der Waals surface area contributed by atoms with Gasteiger partial charge < -0.3 is 15.0 Å². The molecule has 0 fully saturated rings. The monoisotopic (exact) mass is 306 g/mol. The van der Waals surface area contributed by atoms with Crippen LogP contribution in [0.4, 0.5) is 5.69 Å². The molecule has 0 saturated heterocycles. The lowest BCUT2D eigenvalue weighted by molar-refractivity contribution is -0.130. The summed E-state index contributed by atoms with van der Waals surface area (Å²) in [6, 6.07) is 8.92. The second-order valence-electron chi connectivity index (χ2n) is 4.36. The van der Waals surface area contributed by atoms with Gasteiger partial charge in [-0.3, -0.25) is 4.79 Å². The van der Waals surface area contributed by atoms with Crippen LogP contribution in [-0.2, 0) is 17.4 Å². The lowest BCUT2D eigenvalue weighted by Gasteiger charge is -2.22. The zero-order valence-corrected chi connectivity index (χ0v) is 11.2. The summed E-state index contributed by atoms with van der Waals surface area (Å²) in [6.07, 6.45) is 1.80. The van der Waals surface area contributed by atoms with E-state index in [-0.39, 0.29) is 0 Å². The predicted octanol–water partition coefficient (Wildman–Crippen LogP) is 1.98. The predicted molar refractivity (Wildman–Crippen MR) is 71.2 cm³/mol. The molecular formula is C13H11BrN2O2. The third kappa shape index (κ3) is 1.38. The van der Waals surface area contributed by atoms with Gasteiger partial charge >= 0.3 is 0 Å². The number of amides is 1. The quantitative estimate of drug-likeness (QED) is 0.846. The number of benzene rings is 1. The molecule has 18 heavy (non-hydrogen) atoms. The van der Waals surface area contributed by atoms with Crippen molar-refractivity contribution in [2.45, 2.75) is 5.60 Å². The Morgan fingerprint density at radius 1 is 1.39 bits per heavy atom. The van der Waals surface area contributed by atoms with Crippen molar-refractivity contribution in [3.05, 3.63) is 52.3 Å². The van der Waals surface area contributed by atoms with E-state index in [1.54, 1.807) is 42.1 Å². The minimum Gasteiger partial charge on any atom is -0.371 e. The lowest BCUT2D eigenvalue weighted by atomic mass is 9.92. The van der Waals surface area contributed by atoms with Crippen LogP contribution in [0.25, 0.3) is 0 Å². The Morgan fingerprint density at radius 3 is 2.83 bits per heavy atom. The number of hydrogen-bond donors (Lipinski definition) is 2. The molecule has 0 saturated carbocycles. The smallest absolute Gasteiger partial charge is 0.267 e. The number of rotatable bonds is 1. The normalized spacial score (nSPS) is 21.8. The van der Waals surface area contributed by atoms with Crippen LogP contribution in [-0.4, -0.2) is 15.6 Å². The number of hydrogen-bond acceptors (Lipinski definition) is 2. The van der Waals surface area contributed by atoms with E-state index in [2.05, 4.69) is 21.2 Å². The largest absolute Gasteiger partial charge is 0.371 e. The van der Waals surface area contributed by atoms with Crippen LogP contribution in [0.3, 0.4) is 0 Å². The van der Waals surface area contributed by atoms with Crippen LogP contribution >= 0.6 is 15.9 Å². The van der Waals surface area contributed by atoms with E-state index >= 15 is 0 Å². The molecule has 1 aliphatic heterocycles. The lowest BCUT2D eigenvalue weighted by Crippen LogP contribution is -2.37. The highest BCUT2D eigenvalue weighted by Crippen LogP contribution is 2.41. The summed E-state index contributed by atoms with van der Waals surface area (Å²) >= 11 is 3.36. The van der Waals surface area contributed by atoms with Gasteiger partial charge in [-0.2, -0.15) is 0 Å². The van der Waals surface area contributed by atoms with Gasteiger partial charge in [0.2, 0.25) is 5.60 Å². The Bertz CT molecular complexity index is 650. The van der Waals surface area contributed by atoms with Gasteiger partial charge in [-0.1, -0.05) is 15.9 Å². The van der Waals surface area contributed by atoms with Crippen molar-refractivity contribution >= 4 is 27.5 Å². The molecule has 2 N–H and O–H groups in total. The van der Waals surface area contributed by atoms with Crippen molar-refractivity contribution < 1.29 is 9.90 Å². The molecule has 3 rings (SSSR count). The number of carbonyl (C=O) groups excluding carboxylic acids is 1. The second kappa shape index (κ2) is 3.70. The van der Waals surface area contributed by atoms with E-state index in [4.69, 9.17) is 0 Å². The van der Waals surface area contributed by atoms with Crippen LogP contribution in [0.5, 0.6) is 0 Å². The fourth-order valence-electron chi connectivity index (χ4n) is 2.35. The van der Waals surface area contributed by atoms with Crippen LogP contribution in [0.2, 0.25) is 0 Å². The van der Waals surface area contributed by atoms with Gasteiger partial charge in [-0.05, 0) is 30.3 Å². The van der Waals surface area contributed by atoms with Crippen molar-refractivity contribution in [1.82, 2.24) is 4.57 Å². The summed E-state index contributed by atoms with van der Waals surface area (Å²) < 4.78 is 2.57. The van der Waals surface area contributed by atoms with Gasteiger partial charge in [0.15, 0.2) is 0 Å². The number of aryl methyl sites for hydroxylation is 1. The van der Waals surface area contributed by atoms with Crippen molar-refractivity contribution in [1.29, 1.82) is 0 Å². The fraction of sp³-hybridized carbons (Fsp3) is 0.154. The number of fused-ring (bicyclic) bond motifs is 1. The summed E-state index contributed by atoms with van der Waals surface area (Å²) in [4.78, 5) is 12.1. The first kappa shape index (κ1) is 11.5. The molecule has 2 aromatic rings. The van der Waals surface area contributed by atoms with Gasteiger partial charge in [-0.15, -0.1) is 0 Å². The maximum Gasteiger partial charge on any atom is 0.267 e. The third-order valence-corrected chi connectivity index (χ3v) is 3.76. The maximum absolute atomic E-state index is 12.1. The summed E-state index contributed by atoms with van der Waals surface area (Å²) in [5.74, 6) is -0.419. The minimum absolute atomic E-state index is 0.419. The van der Waals surface area contributed by atoms with Gasteiger partial charge in [0, 0.05) is 29.0 Å². The highest BCUT2D eigenvalue weighted by molar-refractivity contribution is 9.10. The van der Waals surface area contributed by atoms with E-state index in [0.29, 0.717) is 16.9 Å². The molecule has 0 aliphatic carbocycles. The molecule has 0 unspecified atom stereocenters. The molecule has 2 heterocycles. The molecule has 0 bridgehead atoms. The third-order valence-electron chi connectivity index (χ3n) is 3.26. The van der Waals surface area contributed by atoms with Crippen molar-refractivity contribution in [2.75, 3.05) is 5.32 Å². The Balaban J connectivity index is 2.28. The zero-order chi connectivity index (χ0) is 12.9. The SMILES string of the molecule is Cn1cccc1[C@]1(O)C(=O)Nc2ccc(Br)cc21. The molecule has 0 spiro atoms. The van der Waals surface area contributed by atoms with E-state index in [1.807, 2.05) is 6.07 Å². The van der Waals surface area contributed by atoms with Crippen LogP contribution in [0.15, 0.2) is 41.0 Å². The van der Waals surface area contributed by atoms with Gasteiger partial charge in [0.05, 0.1) is 5.69 Å². The first-order valence-electron chi connectivity index (χ1n) is 5.49. The standard InChI is InChI=1S/C13H11BrN2O2/c1-16-6-2-3-11(16)13(18)9-7-8(14)4-5-10(9)15-12(13)17/h2-7,18H,1H3,(H,15,17)/t13-/m0/s1. The van der Waals surface area contributed by atoms with Gasteiger partial charge in [0.1, 0.15) is 0 Å². The van der Waals surface area contributed by atoms with E-state index < -0.39 is 11.5 Å². The number of aliphatic hydroxyl groups is 1. The van der Waals surface area contributed by atoms with Crippen molar-refractivity contribution in [2.24, 2.45) is 7.05 Å². The fourth-order valence-corrected chi connectivity index (χ4v) is 2.71. The van der Waals surface area contributed by atoms with Crippen molar-refractivity contribution in [3.8, 4) is 0 Å². The van der Waals surface area contributed by atoms with E-state index in [9.17, 15) is 9.90 Å². The molecule has 4 nitrogen and oxygen atoms in total. The average molecular weight is 307 g/mol. The van der Waals surface area contributed by atoms with Crippen molar-refractivity contribution in [3.63, 3.8) is 0 Å². The number of aromatic nitrogens is 1. The number of anilines is 1. The van der Waals surface area contributed by atoms with Crippen LogP contribution in [0.1, 0.15) is 11.3 Å². The minimum atomic E-state index is -1.63. The molecule has 1 amide bonds. The first-order valence-corrected chi connectivity index (χ1v) is 6.28. The number of nitrogens with zero attached hydrogens (tertiary/aromatic N) is 1. The molecular weight excluding hydrogens is 296 g/mol. The van der Waals surface area contributed by atoms with Crippen LogP contribution in [0, 0.1) is 0 Å². The summed E-state index contributed by atoms with van der Waals surface area (Å²) in [5.41, 5.74) is 0.143. The number of halogens is 1. The van der Waals surface area contributed by atoms with E-state index in [0.717, 1.165) is 4.47 Å². The molecule has 5 heteroatoms. The summed E-state index contributed by atoms with van der Waals surface area (Å²) in [5, 5.41) is 13.5. The van der Waals surface area contributed by atoms with Gasteiger partial charge in [-0.25, -0.2) is 0 Å². The highest BCUT2D eigenvalue weighted by atomic mass is 79.9. The number of nitrogens with one attached hydrogen (secondary N) is 1. The van der Waals surface area contributed by atoms with Crippen LogP contribution < -0.4 is 5.32 Å². The molecule has 1 aliphatic rings. The highest BCUT2D eigenvalue weighted by Gasteiger charge is 2.48. The topological polar surface area (TPSA) is 54.3 Å². The Morgan fingerprint density at radius 2 is 2.17 bits per heavy atom. The zero-order valence-electron chi connectivity index (χ0n) is 9.64. The summed E-state index contributed by atoms with van der Waals surface area (Å²) in [6.45, 7) is 0. The molecule has 1 atom stereocenters. The van der Waals surface area contributed by atoms with E-state index in [1.165, 1.54) is 0 Å². The summed E-state index contributed by atoms with van der Waals surface area (Å²) in [7, 11) is 1.80. The van der Waals surface area contributed by atoms with Gasteiger partial charge in [0.25, 0.3) is 5.91 Å². The molecule has 1 aromatic heterocycles. The maximum atomic E-state index is 12.1. The Hall–Kier alpha value is -1.59. The Labute approximate surface area is 112 Å². The Kier molecular flexibility index (Phi) is 2.36. The number of carbonyl (C=O) groups is 1.